The first-order valence-corrected chi connectivity index (χ1v) is 5.65. The molecule has 7 nitrogen and oxygen atoms in total. The first-order chi connectivity index (χ1) is 8.99. The lowest BCUT2D eigenvalue weighted by Gasteiger charge is -2.03. The first-order valence-electron chi connectivity index (χ1n) is 5.65. The lowest BCUT2D eigenvalue weighted by Crippen LogP contribution is -2.37. The van der Waals surface area contributed by atoms with Gasteiger partial charge in [0.15, 0.2) is 5.58 Å². The monoisotopic (exact) mass is 263 g/mol. The molecule has 0 saturated heterocycles. The second-order valence-corrected chi connectivity index (χ2v) is 4.10. The summed E-state index contributed by atoms with van der Waals surface area (Å²) in [6.45, 7) is 0.291. The minimum Gasteiger partial charge on any atom is -0.408 e. The van der Waals surface area contributed by atoms with E-state index in [4.69, 9.17) is 10.2 Å². The topological polar surface area (TPSA) is 107 Å². The molecule has 2 aromatic rings. The fourth-order valence-electron chi connectivity index (χ4n) is 1.74. The zero-order valence-electron chi connectivity index (χ0n) is 10.3. The summed E-state index contributed by atoms with van der Waals surface area (Å²) in [5, 5.41) is 2.39. The number of nitrogens with two attached hydrogens (primary N) is 1. The van der Waals surface area contributed by atoms with Gasteiger partial charge in [-0.25, -0.2) is 4.79 Å². The summed E-state index contributed by atoms with van der Waals surface area (Å²) in [5.41, 5.74) is 6.92. The third kappa shape index (κ3) is 2.65. The number of primary amides is 1. The highest BCUT2D eigenvalue weighted by atomic mass is 16.4. The average molecular weight is 263 g/mol. The summed E-state index contributed by atoms with van der Waals surface area (Å²) >= 11 is 0. The van der Waals surface area contributed by atoms with E-state index in [1.165, 1.54) is 4.57 Å². The normalized spacial score (nSPS) is 10.6. The van der Waals surface area contributed by atoms with E-state index in [9.17, 15) is 14.4 Å². The molecule has 3 N–H and O–H groups in total. The summed E-state index contributed by atoms with van der Waals surface area (Å²) in [4.78, 5) is 32.8. The Morgan fingerprint density at radius 1 is 1.42 bits per heavy atom. The number of hydrogen-bond donors (Lipinski definition) is 2. The molecular formula is C12H13N3O4. The average Bonchev–Trinajstić information content (AvgIpc) is 2.65. The van der Waals surface area contributed by atoms with Crippen molar-refractivity contribution >= 4 is 22.9 Å². The van der Waals surface area contributed by atoms with Crippen molar-refractivity contribution in [2.45, 2.75) is 6.42 Å². The largest absolute Gasteiger partial charge is 0.419 e. The van der Waals surface area contributed by atoms with Gasteiger partial charge in [0.25, 0.3) is 0 Å². The van der Waals surface area contributed by atoms with Crippen LogP contribution in [0.1, 0.15) is 5.56 Å². The summed E-state index contributed by atoms with van der Waals surface area (Å²) in [6.07, 6.45) is 0.522. The molecular weight excluding hydrogens is 250 g/mol. The molecule has 0 aliphatic heterocycles. The molecule has 1 heterocycles. The molecule has 2 rings (SSSR count). The highest BCUT2D eigenvalue weighted by Gasteiger charge is 2.08. The Hall–Kier alpha value is -2.57. The predicted molar refractivity (Wildman–Crippen MR) is 67.4 cm³/mol. The number of carbonyl (C=O) groups excluding carboxylic acids is 2. The van der Waals surface area contributed by atoms with E-state index in [0.717, 1.165) is 5.56 Å². The number of nitrogens with zero attached hydrogens (tertiary/aromatic N) is 1. The van der Waals surface area contributed by atoms with Gasteiger partial charge in [-0.15, -0.1) is 0 Å². The standard InChI is InChI=1S/C12H13N3O4/c1-15-8-6-7(2-3-9(8)19-12(15)18)4-5-14-11(17)10(13)16/h2-3,6H,4-5H2,1H3,(H2,13,16)(H,14,17). The van der Waals surface area contributed by atoms with E-state index in [1.54, 1.807) is 25.2 Å². The molecule has 2 amide bonds. The van der Waals surface area contributed by atoms with Crippen molar-refractivity contribution in [3.8, 4) is 0 Å². The van der Waals surface area contributed by atoms with Crippen LogP contribution in [-0.2, 0) is 23.1 Å². The molecule has 0 bridgehead atoms. The highest BCUT2D eigenvalue weighted by molar-refractivity contribution is 6.34. The van der Waals surface area contributed by atoms with E-state index in [2.05, 4.69) is 5.32 Å². The van der Waals surface area contributed by atoms with Gasteiger partial charge in [0.2, 0.25) is 0 Å². The van der Waals surface area contributed by atoms with Crippen LogP contribution in [0, 0.1) is 0 Å². The van der Waals surface area contributed by atoms with Crippen molar-refractivity contribution < 1.29 is 14.0 Å². The Kier molecular flexibility index (Phi) is 3.37. The van der Waals surface area contributed by atoms with E-state index < -0.39 is 17.6 Å². The van der Waals surface area contributed by atoms with Gasteiger partial charge in [0, 0.05) is 13.6 Å². The summed E-state index contributed by atoms with van der Waals surface area (Å²) in [7, 11) is 1.62. The molecule has 0 unspecified atom stereocenters. The number of benzene rings is 1. The summed E-state index contributed by atoms with van der Waals surface area (Å²) < 4.78 is 6.41. The molecule has 0 radical (unpaired) electrons. The zero-order valence-corrected chi connectivity index (χ0v) is 10.3. The Labute approximate surface area is 108 Å². The number of amides is 2. The Balaban J connectivity index is 2.09. The zero-order chi connectivity index (χ0) is 14.0. The van der Waals surface area contributed by atoms with Gasteiger partial charge in [-0.1, -0.05) is 6.07 Å². The smallest absolute Gasteiger partial charge is 0.408 e. The third-order valence-corrected chi connectivity index (χ3v) is 2.78. The number of oxazole rings is 1. The van der Waals surface area contributed by atoms with Gasteiger partial charge < -0.3 is 15.5 Å². The maximum atomic E-state index is 11.3. The minimum absolute atomic E-state index is 0.291. The Morgan fingerprint density at radius 2 is 2.16 bits per heavy atom. The molecule has 1 aromatic heterocycles. The second-order valence-electron chi connectivity index (χ2n) is 4.10. The molecule has 19 heavy (non-hydrogen) atoms. The quantitative estimate of drug-likeness (QED) is 0.712. The lowest BCUT2D eigenvalue weighted by atomic mass is 10.1. The fourth-order valence-corrected chi connectivity index (χ4v) is 1.74. The molecule has 0 aliphatic carbocycles. The van der Waals surface area contributed by atoms with Gasteiger partial charge in [-0.05, 0) is 24.1 Å². The minimum atomic E-state index is -1.01. The maximum absolute atomic E-state index is 11.3. The number of hydrogen-bond acceptors (Lipinski definition) is 4. The second kappa shape index (κ2) is 4.97. The predicted octanol–water partition coefficient (Wildman–Crippen LogP) is -0.724. The maximum Gasteiger partial charge on any atom is 0.419 e. The number of carbonyl (C=O) groups is 2. The van der Waals surface area contributed by atoms with Crippen LogP contribution in [0.4, 0.5) is 0 Å². The van der Waals surface area contributed by atoms with Crippen molar-refractivity contribution in [3.63, 3.8) is 0 Å². The van der Waals surface area contributed by atoms with Crippen molar-refractivity contribution in [2.75, 3.05) is 6.54 Å². The number of aromatic nitrogens is 1. The van der Waals surface area contributed by atoms with Crippen LogP contribution in [0.3, 0.4) is 0 Å². The van der Waals surface area contributed by atoms with Crippen molar-refractivity contribution in [2.24, 2.45) is 12.8 Å². The Morgan fingerprint density at radius 3 is 2.84 bits per heavy atom. The van der Waals surface area contributed by atoms with Crippen LogP contribution in [0.5, 0.6) is 0 Å². The molecule has 0 aliphatic rings. The lowest BCUT2D eigenvalue weighted by molar-refractivity contribution is -0.137. The van der Waals surface area contributed by atoms with Gasteiger partial charge >= 0.3 is 17.6 Å². The molecule has 0 spiro atoms. The molecule has 0 saturated carbocycles. The molecule has 0 fully saturated rings. The third-order valence-electron chi connectivity index (χ3n) is 2.78. The van der Waals surface area contributed by atoms with E-state index in [-0.39, 0.29) is 0 Å². The Bertz CT molecular complexity index is 699. The molecule has 100 valence electrons. The number of rotatable bonds is 3. The van der Waals surface area contributed by atoms with Crippen molar-refractivity contribution in [1.82, 2.24) is 9.88 Å². The van der Waals surface area contributed by atoms with Crippen molar-refractivity contribution in [3.05, 3.63) is 34.3 Å². The van der Waals surface area contributed by atoms with E-state index >= 15 is 0 Å². The van der Waals surface area contributed by atoms with Crippen LogP contribution < -0.4 is 16.8 Å². The fraction of sp³-hybridized carbons (Fsp3) is 0.250. The molecule has 7 heteroatoms. The summed E-state index contributed by atoms with van der Waals surface area (Å²) in [6, 6.07) is 5.29. The van der Waals surface area contributed by atoms with Crippen LogP contribution in [-0.4, -0.2) is 22.9 Å². The van der Waals surface area contributed by atoms with Gasteiger partial charge in [-0.3, -0.25) is 14.2 Å². The molecule has 0 atom stereocenters. The SMILES string of the molecule is Cn1c(=O)oc2ccc(CCNC(=O)C(N)=O)cc21. The van der Waals surface area contributed by atoms with Crippen LogP contribution >= 0.6 is 0 Å². The number of nitrogens with one attached hydrogen (secondary N) is 1. The highest BCUT2D eigenvalue weighted by Crippen LogP contribution is 2.14. The van der Waals surface area contributed by atoms with Crippen LogP contribution in [0.15, 0.2) is 27.4 Å². The van der Waals surface area contributed by atoms with E-state index in [1.807, 2.05) is 0 Å². The van der Waals surface area contributed by atoms with Crippen LogP contribution in [0.2, 0.25) is 0 Å². The van der Waals surface area contributed by atoms with Gasteiger partial charge in [0.05, 0.1) is 5.52 Å². The molecule has 1 aromatic carbocycles. The van der Waals surface area contributed by atoms with Gasteiger partial charge in [-0.2, -0.15) is 0 Å². The first kappa shape index (κ1) is 12.9. The van der Waals surface area contributed by atoms with Crippen LogP contribution in [0.25, 0.3) is 11.1 Å². The van der Waals surface area contributed by atoms with Crippen molar-refractivity contribution in [1.29, 1.82) is 0 Å². The summed E-state index contributed by atoms with van der Waals surface area (Å²) in [5.74, 6) is -2.24. The van der Waals surface area contributed by atoms with E-state index in [0.29, 0.717) is 24.1 Å². The number of fused-ring (bicyclic) bond motifs is 1. The number of aryl methyl sites for hydroxylation is 1. The van der Waals surface area contributed by atoms with Gasteiger partial charge in [0.1, 0.15) is 0 Å².